The number of aliphatic imine (C=N–C) groups is 1. The minimum Gasteiger partial charge on any atom is -0.455 e. The summed E-state index contributed by atoms with van der Waals surface area (Å²) in [4.78, 5) is 4.99. The number of rotatable bonds is 4. The fraction of sp³-hybridized carbons (Fsp3) is 0.179. The van der Waals surface area contributed by atoms with Gasteiger partial charge in [-0.1, -0.05) is 36.4 Å². The lowest BCUT2D eigenvalue weighted by Gasteiger charge is -2.12. The molecule has 6 rings (SSSR count). The molecular formula is C28H21F2NO. The molecule has 0 bridgehead atoms. The van der Waals surface area contributed by atoms with E-state index in [1.807, 2.05) is 48.5 Å². The minimum atomic E-state index is -2.69. The monoisotopic (exact) mass is 425 g/mol. The second-order valence-electron chi connectivity index (χ2n) is 8.84. The molecule has 0 saturated carbocycles. The number of nitrogens with zero attached hydrogens (tertiary/aromatic N) is 1. The van der Waals surface area contributed by atoms with Crippen molar-refractivity contribution in [1.29, 1.82) is 0 Å². The van der Waals surface area contributed by atoms with Crippen LogP contribution in [-0.2, 0) is 6.42 Å². The highest BCUT2D eigenvalue weighted by molar-refractivity contribution is 6.30. The molecule has 0 spiro atoms. The summed E-state index contributed by atoms with van der Waals surface area (Å²) in [5, 5.41) is 4.24. The van der Waals surface area contributed by atoms with E-state index in [1.165, 1.54) is 0 Å². The third kappa shape index (κ3) is 3.01. The average Bonchev–Trinajstić information content (AvgIpc) is 3.31. The van der Waals surface area contributed by atoms with Gasteiger partial charge in [0.05, 0.1) is 11.4 Å². The predicted octanol–water partition coefficient (Wildman–Crippen LogP) is 8.12. The molecule has 0 aliphatic carbocycles. The summed E-state index contributed by atoms with van der Waals surface area (Å²) in [6, 6.07) is 22.3. The smallest absolute Gasteiger partial charge is 0.245 e. The summed E-state index contributed by atoms with van der Waals surface area (Å²) in [7, 11) is 0. The van der Waals surface area contributed by atoms with E-state index in [4.69, 9.17) is 9.41 Å². The van der Waals surface area contributed by atoms with Gasteiger partial charge in [-0.3, -0.25) is 0 Å². The number of benzene rings is 4. The van der Waals surface area contributed by atoms with Gasteiger partial charge in [-0.15, -0.1) is 0 Å². The van der Waals surface area contributed by atoms with Crippen LogP contribution in [0.15, 0.2) is 76.1 Å². The van der Waals surface area contributed by atoms with Gasteiger partial charge in [-0.25, -0.2) is 13.8 Å². The van der Waals surface area contributed by atoms with Crippen molar-refractivity contribution >= 4 is 44.1 Å². The van der Waals surface area contributed by atoms with E-state index < -0.39 is 5.92 Å². The summed E-state index contributed by atoms with van der Waals surface area (Å²) in [5.41, 5.74) is 7.34. The van der Waals surface area contributed by atoms with Crippen molar-refractivity contribution in [2.24, 2.45) is 4.99 Å². The first kappa shape index (κ1) is 19.2. The van der Waals surface area contributed by atoms with E-state index >= 15 is 0 Å². The van der Waals surface area contributed by atoms with Crippen LogP contribution in [0.5, 0.6) is 0 Å². The summed E-state index contributed by atoms with van der Waals surface area (Å²) in [5.74, 6) is -2.69. The normalized spacial score (nSPS) is 13.4. The molecule has 0 fully saturated rings. The largest absolute Gasteiger partial charge is 0.455 e. The van der Waals surface area contributed by atoms with Crippen LogP contribution in [0.4, 0.5) is 14.5 Å². The fourth-order valence-corrected chi connectivity index (χ4v) is 4.79. The molecule has 2 heterocycles. The summed E-state index contributed by atoms with van der Waals surface area (Å²) >= 11 is 0. The number of halogens is 2. The van der Waals surface area contributed by atoms with Crippen molar-refractivity contribution in [1.82, 2.24) is 0 Å². The van der Waals surface area contributed by atoms with E-state index in [-0.39, 0.29) is 6.42 Å². The molecule has 1 aliphatic rings. The van der Waals surface area contributed by atoms with E-state index in [2.05, 4.69) is 25.1 Å². The second-order valence-corrected chi connectivity index (χ2v) is 8.84. The van der Waals surface area contributed by atoms with Gasteiger partial charge in [0.15, 0.2) is 0 Å². The predicted molar refractivity (Wildman–Crippen MR) is 127 cm³/mol. The number of aryl methyl sites for hydroxylation is 2. The second kappa shape index (κ2) is 6.73. The molecule has 4 aromatic carbocycles. The number of para-hydroxylation sites is 1. The van der Waals surface area contributed by atoms with Gasteiger partial charge in [0.2, 0.25) is 5.92 Å². The highest BCUT2D eigenvalue weighted by Crippen LogP contribution is 2.41. The first-order valence-electron chi connectivity index (χ1n) is 10.8. The maximum Gasteiger partial charge on any atom is 0.245 e. The van der Waals surface area contributed by atoms with Crippen molar-refractivity contribution in [2.45, 2.75) is 32.6 Å². The highest BCUT2D eigenvalue weighted by Gasteiger charge is 2.26. The molecule has 1 aliphatic heterocycles. The van der Waals surface area contributed by atoms with Crippen molar-refractivity contribution < 1.29 is 13.2 Å². The van der Waals surface area contributed by atoms with Crippen LogP contribution in [-0.4, -0.2) is 11.6 Å². The Bertz CT molecular complexity index is 1570. The third-order valence-electron chi connectivity index (χ3n) is 6.23. The number of furan rings is 1. The molecule has 1 aromatic heterocycles. The number of alkyl halides is 2. The molecule has 5 aromatic rings. The number of fused-ring (bicyclic) bond motifs is 3. The van der Waals surface area contributed by atoms with Crippen LogP contribution in [0, 0.1) is 6.92 Å². The Morgan fingerprint density at radius 1 is 0.906 bits per heavy atom. The molecule has 0 N–H and O–H groups in total. The Balaban J connectivity index is 1.58. The van der Waals surface area contributed by atoms with Crippen molar-refractivity contribution in [2.75, 3.05) is 0 Å². The van der Waals surface area contributed by atoms with Gasteiger partial charge in [0.25, 0.3) is 0 Å². The molecule has 0 radical (unpaired) electrons. The topological polar surface area (TPSA) is 25.5 Å². The Labute approximate surface area is 184 Å². The average molecular weight is 425 g/mol. The molecule has 0 unspecified atom stereocenters. The van der Waals surface area contributed by atoms with E-state index in [1.54, 1.807) is 0 Å². The van der Waals surface area contributed by atoms with Crippen LogP contribution in [0.1, 0.15) is 35.6 Å². The lowest BCUT2D eigenvalue weighted by molar-refractivity contribution is 0.0133. The maximum absolute atomic E-state index is 13.5. The number of hydrogen-bond donors (Lipinski definition) is 0. The van der Waals surface area contributed by atoms with Gasteiger partial charge in [0, 0.05) is 33.7 Å². The zero-order chi connectivity index (χ0) is 22.0. The summed E-state index contributed by atoms with van der Waals surface area (Å²) in [6.45, 7) is 3.05. The Hall–Kier alpha value is -3.53. The molecule has 4 heteroatoms. The lowest BCUT2D eigenvalue weighted by Crippen LogP contribution is -2.11. The van der Waals surface area contributed by atoms with Crippen LogP contribution in [0.2, 0.25) is 0 Å². The molecule has 32 heavy (non-hydrogen) atoms. The van der Waals surface area contributed by atoms with Gasteiger partial charge < -0.3 is 4.42 Å². The van der Waals surface area contributed by atoms with Crippen molar-refractivity contribution in [3.05, 3.63) is 89.0 Å². The Morgan fingerprint density at radius 3 is 2.59 bits per heavy atom. The van der Waals surface area contributed by atoms with Crippen LogP contribution in [0.3, 0.4) is 0 Å². The van der Waals surface area contributed by atoms with Crippen molar-refractivity contribution in [3.8, 4) is 0 Å². The molecule has 0 atom stereocenters. The van der Waals surface area contributed by atoms with Crippen LogP contribution >= 0.6 is 0 Å². The van der Waals surface area contributed by atoms with E-state index in [9.17, 15) is 8.78 Å². The Morgan fingerprint density at radius 2 is 1.75 bits per heavy atom. The number of hydrogen-bond acceptors (Lipinski definition) is 2. The molecule has 0 saturated heterocycles. The van der Waals surface area contributed by atoms with E-state index in [0.29, 0.717) is 6.42 Å². The maximum atomic E-state index is 13.5. The van der Waals surface area contributed by atoms with Gasteiger partial charge >= 0.3 is 0 Å². The molecule has 2 nitrogen and oxygen atoms in total. The quantitative estimate of drug-likeness (QED) is 0.280. The molecule has 158 valence electrons. The standard InChI is InChI=1S/C28H21F2NO/c1-16-12-20-19-7-3-4-9-24(19)32-27(20)22(13-16)26-21-15-17(10-11-28(2,29)30)14-18-6-5-8-23(31-26)25(18)21/h3-9,12-15H,10-11H2,1-2H3. The first-order valence-corrected chi connectivity index (χ1v) is 10.8. The minimum absolute atomic E-state index is 0.178. The molecular weight excluding hydrogens is 404 g/mol. The zero-order valence-corrected chi connectivity index (χ0v) is 17.9. The van der Waals surface area contributed by atoms with E-state index in [0.717, 1.165) is 73.3 Å². The van der Waals surface area contributed by atoms with Crippen molar-refractivity contribution in [3.63, 3.8) is 0 Å². The lowest BCUT2D eigenvalue weighted by atomic mass is 9.92. The summed E-state index contributed by atoms with van der Waals surface area (Å²) in [6.07, 6.45) is 0.139. The first-order chi connectivity index (χ1) is 15.4. The van der Waals surface area contributed by atoms with Gasteiger partial charge in [-0.2, -0.15) is 0 Å². The van der Waals surface area contributed by atoms with Crippen LogP contribution < -0.4 is 0 Å². The Kier molecular flexibility index (Phi) is 4.03. The zero-order valence-electron chi connectivity index (χ0n) is 17.9. The SMILES string of the molecule is Cc1cc(C2=Nc3cccc4cc(CCC(C)(F)F)cc2c34)c2oc3ccccc3c2c1. The van der Waals surface area contributed by atoms with Gasteiger partial charge in [0.1, 0.15) is 11.2 Å². The highest BCUT2D eigenvalue weighted by atomic mass is 19.3. The third-order valence-corrected chi connectivity index (χ3v) is 6.23. The van der Waals surface area contributed by atoms with Gasteiger partial charge in [-0.05, 0) is 67.1 Å². The molecule has 0 amide bonds. The fourth-order valence-electron chi connectivity index (χ4n) is 4.79. The summed E-state index contributed by atoms with van der Waals surface area (Å²) < 4.78 is 33.4. The van der Waals surface area contributed by atoms with Crippen LogP contribution in [0.25, 0.3) is 32.7 Å².